The normalized spacial score (nSPS) is 10.8. The number of thioether (sulfide) groups is 1. The van der Waals surface area contributed by atoms with Crippen molar-refractivity contribution >= 4 is 27.7 Å². The lowest BCUT2D eigenvalue weighted by Crippen LogP contribution is -1.65. The number of hydrogen-bond donors (Lipinski definition) is 0. The summed E-state index contributed by atoms with van der Waals surface area (Å²) in [6, 6.07) is 11.9. The van der Waals surface area contributed by atoms with Crippen LogP contribution in [0, 0.1) is 11.3 Å². The van der Waals surface area contributed by atoms with Crippen LogP contribution in [0.4, 0.5) is 0 Å². The van der Waals surface area contributed by atoms with E-state index in [2.05, 4.69) is 15.9 Å². The average molecular weight is 240 g/mol. The Kier molecular flexibility index (Phi) is 3.92. The van der Waals surface area contributed by atoms with Gasteiger partial charge in [0.2, 0.25) is 0 Å². The second kappa shape index (κ2) is 5.02. The van der Waals surface area contributed by atoms with Gasteiger partial charge in [0.25, 0.3) is 0 Å². The molecule has 0 radical (unpaired) electrons. The highest BCUT2D eigenvalue weighted by Crippen LogP contribution is 2.21. The molecule has 1 rings (SSSR count). The fourth-order valence-electron chi connectivity index (χ4n) is 0.645. The lowest BCUT2D eigenvalue weighted by Gasteiger charge is -1.92. The highest BCUT2D eigenvalue weighted by Gasteiger charge is 1.89. The molecular weight excluding hydrogens is 234 g/mol. The minimum atomic E-state index is 0.552. The smallest absolute Gasteiger partial charge is 0.107 e. The number of benzene rings is 1. The van der Waals surface area contributed by atoms with Crippen LogP contribution in [0.25, 0.3) is 0 Å². The van der Waals surface area contributed by atoms with Crippen LogP contribution in [0.2, 0.25) is 0 Å². The summed E-state index contributed by atoms with van der Waals surface area (Å²) in [4.78, 5) is 1.13. The first kappa shape index (κ1) is 9.37. The van der Waals surface area contributed by atoms with Crippen LogP contribution in [0.3, 0.4) is 0 Å². The predicted octanol–water partition coefficient (Wildman–Crippen LogP) is 3.54. The second-order valence-electron chi connectivity index (χ2n) is 2.01. The third kappa shape index (κ3) is 3.12. The fourth-order valence-corrected chi connectivity index (χ4v) is 1.53. The van der Waals surface area contributed by atoms with Crippen molar-refractivity contribution < 1.29 is 0 Å². The van der Waals surface area contributed by atoms with E-state index in [4.69, 9.17) is 5.26 Å². The van der Waals surface area contributed by atoms with Crippen LogP contribution < -0.4 is 0 Å². The number of nitrogens with zero attached hydrogens (tertiary/aromatic N) is 1. The van der Waals surface area contributed by atoms with Crippen molar-refractivity contribution in [3.05, 3.63) is 40.2 Å². The number of hydrogen-bond acceptors (Lipinski definition) is 2. The van der Waals surface area contributed by atoms with Crippen LogP contribution in [0.5, 0.6) is 0 Å². The first-order valence-electron chi connectivity index (χ1n) is 3.30. The van der Waals surface area contributed by atoms with Crippen molar-refractivity contribution in [3.63, 3.8) is 0 Å². The molecule has 12 heavy (non-hydrogen) atoms. The molecule has 3 heteroatoms. The zero-order valence-electron chi connectivity index (χ0n) is 6.20. The molecule has 0 fully saturated rings. The first-order chi connectivity index (χ1) is 5.83. The highest BCUT2D eigenvalue weighted by atomic mass is 79.9. The Morgan fingerprint density at radius 2 is 2.08 bits per heavy atom. The van der Waals surface area contributed by atoms with Crippen LogP contribution >= 0.6 is 27.7 Å². The number of rotatable bonds is 2. The van der Waals surface area contributed by atoms with Gasteiger partial charge in [-0.15, -0.1) is 0 Å². The monoisotopic (exact) mass is 239 g/mol. The number of nitriles is 1. The lowest BCUT2D eigenvalue weighted by molar-refractivity contribution is 1.47. The van der Waals surface area contributed by atoms with Gasteiger partial charge < -0.3 is 0 Å². The quantitative estimate of drug-likeness (QED) is 0.583. The zero-order valence-corrected chi connectivity index (χ0v) is 8.60. The molecule has 0 saturated carbocycles. The molecule has 0 spiro atoms. The molecule has 0 N–H and O–H groups in total. The van der Waals surface area contributed by atoms with Crippen molar-refractivity contribution in [3.8, 4) is 6.07 Å². The molecule has 0 atom stereocenters. The molecule has 0 saturated heterocycles. The van der Waals surface area contributed by atoms with Gasteiger partial charge >= 0.3 is 0 Å². The summed E-state index contributed by atoms with van der Waals surface area (Å²) in [6.07, 6.45) is 0. The van der Waals surface area contributed by atoms with Crippen molar-refractivity contribution in [1.29, 1.82) is 5.26 Å². The van der Waals surface area contributed by atoms with E-state index >= 15 is 0 Å². The molecule has 1 aromatic carbocycles. The van der Waals surface area contributed by atoms with Crippen molar-refractivity contribution in [1.82, 2.24) is 0 Å². The van der Waals surface area contributed by atoms with E-state index in [1.807, 2.05) is 36.4 Å². The number of halogens is 1. The summed E-state index contributed by atoms with van der Waals surface area (Å²) in [5, 5.41) is 10.2. The Hall–Kier alpha value is -0.720. The van der Waals surface area contributed by atoms with Crippen molar-refractivity contribution in [2.75, 3.05) is 0 Å². The van der Waals surface area contributed by atoms with Crippen LogP contribution in [0.15, 0.2) is 45.1 Å². The molecule has 0 bridgehead atoms. The van der Waals surface area contributed by atoms with Gasteiger partial charge in [-0.1, -0.05) is 30.0 Å². The third-order valence-corrected chi connectivity index (χ3v) is 2.76. The second-order valence-corrected chi connectivity index (χ2v) is 3.81. The molecule has 60 valence electrons. The van der Waals surface area contributed by atoms with Gasteiger partial charge in [0.1, 0.15) is 10.6 Å². The van der Waals surface area contributed by atoms with Gasteiger partial charge in [0.05, 0.1) is 0 Å². The van der Waals surface area contributed by atoms with E-state index in [0.29, 0.717) is 4.48 Å². The van der Waals surface area contributed by atoms with Crippen LogP contribution in [0.1, 0.15) is 0 Å². The molecule has 0 aliphatic rings. The average Bonchev–Trinajstić information content (AvgIpc) is 2.16. The molecule has 1 nitrogen and oxygen atoms in total. The summed E-state index contributed by atoms with van der Waals surface area (Å²) in [5.41, 5.74) is 0. The Balaban J connectivity index is 2.61. The first-order valence-corrected chi connectivity index (χ1v) is 4.97. The molecule has 0 amide bonds. The minimum absolute atomic E-state index is 0.552. The summed E-state index contributed by atoms with van der Waals surface area (Å²) in [7, 11) is 0. The maximum absolute atomic E-state index is 8.43. The van der Waals surface area contributed by atoms with Gasteiger partial charge in [0, 0.05) is 10.3 Å². The van der Waals surface area contributed by atoms with Gasteiger partial charge in [-0.25, -0.2) is 0 Å². The van der Waals surface area contributed by atoms with E-state index in [9.17, 15) is 0 Å². The van der Waals surface area contributed by atoms with E-state index < -0.39 is 0 Å². The van der Waals surface area contributed by atoms with Gasteiger partial charge in [-0.05, 0) is 28.1 Å². The van der Waals surface area contributed by atoms with Crippen LogP contribution in [-0.2, 0) is 0 Å². The molecule has 0 unspecified atom stereocenters. The van der Waals surface area contributed by atoms with Gasteiger partial charge in [-0.3, -0.25) is 0 Å². The standard InChI is InChI=1S/C9H6BrNS/c10-8(6-11)7-12-9-4-2-1-3-5-9/h1-5,7H. The SMILES string of the molecule is N#CC(Br)=CSc1ccccc1. The maximum atomic E-state index is 8.43. The Bertz CT molecular complexity index is 313. The molecule has 0 aromatic heterocycles. The zero-order chi connectivity index (χ0) is 8.81. The van der Waals surface area contributed by atoms with Gasteiger partial charge in [-0.2, -0.15) is 5.26 Å². The molecule has 0 aliphatic heterocycles. The van der Waals surface area contributed by atoms with Gasteiger partial charge in [0.15, 0.2) is 0 Å². The Labute approximate surface area is 84.2 Å². The van der Waals surface area contributed by atoms with E-state index in [1.54, 1.807) is 5.41 Å². The molecule has 0 heterocycles. The summed E-state index contributed by atoms with van der Waals surface area (Å²) < 4.78 is 0.552. The minimum Gasteiger partial charge on any atom is -0.192 e. The lowest BCUT2D eigenvalue weighted by atomic mass is 10.4. The Morgan fingerprint density at radius 3 is 2.67 bits per heavy atom. The molecule has 1 aromatic rings. The number of allylic oxidation sites excluding steroid dienone is 1. The van der Waals surface area contributed by atoms with E-state index in [1.165, 1.54) is 11.8 Å². The third-order valence-electron chi connectivity index (χ3n) is 1.15. The highest BCUT2D eigenvalue weighted by molar-refractivity contribution is 9.12. The van der Waals surface area contributed by atoms with E-state index in [0.717, 1.165) is 4.90 Å². The largest absolute Gasteiger partial charge is 0.192 e. The van der Waals surface area contributed by atoms with E-state index in [-0.39, 0.29) is 0 Å². The Morgan fingerprint density at radius 1 is 1.42 bits per heavy atom. The summed E-state index contributed by atoms with van der Waals surface area (Å²) in [5.74, 6) is 0. The summed E-state index contributed by atoms with van der Waals surface area (Å²) >= 11 is 4.64. The maximum Gasteiger partial charge on any atom is 0.107 e. The fraction of sp³-hybridized carbons (Fsp3) is 0. The van der Waals surface area contributed by atoms with Crippen LogP contribution in [-0.4, -0.2) is 0 Å². The molecule has 0 aliphatic carbocycles. The topological polar surface area (TPSA) is 23.8 Å². The molecular formula is C9H6BrNS. The predicted molar refractivity (Wildman–Crippen MR) is 54.9 cm³/mol. The van der Waals surface area contributed by atoms with Crippen molar-refractivity contribution in [2.24, 2.45) is 0 Å². The van der Waals surface area contributed by atoms with Crippen molar-refractivity contribution in [2.45, 2.75) is 4.90 Å². The summed E-state index contributed by atoms with van der Waals surface area (Å²) in [6.45, 7) is 0.